The summed E-state index contributed by atoms with van der Waals surface area (Å²) in [6.07, 6.45) is 4.58. The highest BCUT2D eigenvalue weighted by molar-refractivity contribution is 5.68. The summed E-state index contributed by atoms with van der Waals surface area (Å²) in [4.78, 5) is 11.4. The largest absolute Gasteiger partial charge is 0.444 e. The van der Waals surface area contributed by atoms with Crippen LogP contribution in [0.15, 0.2) is 12.2 Å². The van der Waals surface area contributed by atoms with Gasteiger partial charge in [0.05, 0.1) is 6.04 Å². The summed E-state index contributed by atoms with van der Waals surface area (Å²) in [6, 6.07) is 0.433. The first-order chi connectivity index (χ1) is 6.90. The molecule has 1 aliphatic carbocycles. The molecule has 0 heterocycles. The van der Waals surface area contributed by atoms with E-state index in [4.69, 9.17) is 4.74 Å². The summed E-state index contributed by atoms with van der Waals surface area (Å²) in [6.45, 7) is 5.56. The second kappa shape index (κ2) is 4.66. The Bertz CT molecular complexity index is 256. The van der Waals surface area contributed by atoms with Crippen LogP contribution >= 0.6 is 0 Å². The van der Waals surface area contributed by atoms with Crippen LogP contribution in [0.5, 0.6) is 0 Å². The molecular weight excluding hydrogens is 192 g/mol. The van der Waals surface area contributed by atoms with Crippen LogP contribution in [0.4, 0.5) is 4.79 Å². The van der Waals surface area contributed by atoms with Crippen molar-refractivity contribution in [3.8, 4) is 0 Å². The van der Waals surface area contributed by atoms with Crippen molar-refractivity contribution in [3.63, 3.8) is 0 Å². The Morgan fingerprint density at radius 2 is 1.93 bits per heavy atom. The van der Waals surface area contributed by atoms with Gasteiger partial charge in [-0.25, -0.2) is 4.79 Å². The van der Waals surface area contributed by atoms with Gasteiger partial charge in [0, 0.05) is 6.04 Å². The molecule has 0 radical (unpaired) electrons. The van der Waals surface area contributed by atoms with E-state index in [1.165, 1.54) is 0 Å². The average Bonchev–Trinajstić information content (AvgIpc) is 2.48. The summed E-state index contributed by atoms with van der Waals surface area (Å²) < 4.78 is 5.16. The van der Waals surface area contributed by atoms with Crippen molar-refractivity contribution in [1.29, 1.82) is 0 Å². The Morgan fingerprint density at radius 1 is 1.33 bits per heavy atom. The normalized spacial score (nSPS) is 25.3. The predicted molar refractivity (Wildman–Crippen MR) is 59.8 cm³/mol. The fraction of sp³-hybridized carbons (Fsp3) is 0.727. The molecule has 2 atom stereocenters. The van der Waals surface area contributed by atoms with Gasteiger partial charge < -0.3 is 15.4 Å². The van der Waals surface area contributed by atoms with Crippen LogP contribution in [-0.4, -0.2) is 30.8 Å². The smallest absolute Gasteiger partial charge is 0.408 e. The summed E-state index contributed by atoms with van der Waals surface area (Å²) >= 11 is 0. The number of carbonyl (C=O) groups excluding carboxylic acids is 1. The monoisotopic (exact) mass is 212 g/mol. The maximum absolute atomic E-state index is 11.4. The molecule has 86 valence electrons. The predicted octanol–water partition coefficient (Wildman–Crippen LogP) is 1.43. The Hall–Kier alpha value is -1.03. The fourth-order valence-electron chi connectivity index (χ4n) is 1.48. The molecule has 1 rings (SSSR count). The Balaban J connectivity index is 2.32. The number of alkyl carbamates (subject to hydrolysis) is 1. The standard InChI is InChI=1S/C11H20N2O2/c1-11(2,3)15-10(14)13-9-6-5-8(7-9)12-4/h5-6,8-9,12H,7H2,1-4H3,(H,13,14)/t8-,9+/m1/s1. The van der Waals surface area contributed by atoms with Crippen LogP contribution in [0.3, 0.4) is 0 Å². The van der Waals surface area contributed by atoms with Crippen molar-refractivity contribution in [2.24, 2.45) is 0 Å². The van der Waals surface area contributed by atoms with E-state index >= 15 is 0 Å². The minimum absolute atomic E-state index is 0.0808. The number of carbonyl (C=O) groups is 1. The zero-order chi connectivity index (χ0) is 11.5. The number of nitrogens with one attached hydrogen (secondary N) is 2. The number of hydrogen-bond acceptors (Lipinski definition) is 3. The highest BCUT2D eigenvalue weighted by atomic mass is 16.6. The average molecular weight is 212 g/mol. The maximum atomic E-state index is 11.4. The molecule has 0 bridgehead atoms. The summed E-state index contributed by atoms with van der Waals surface area (Å²) in [5.41, 5.74) is -0.436. The molecule has 4 heteroatoms. The van der Waals surface area contributed by atoms with Crippen LogP contribution in [0.1, 0.15) is 27.2 Å². The van der Waals surface area contributed by atoms with Gasteiger partial charge in [0.15, 0.2) is 0 Å². The van der Waals surface area contributed by atoms with Crippen molar-refractivity contribution in [2.75, 3.05) is 7.05 Å². The zero-order valence-electron chi connectivity index (χ0n) is 9.83. The fourth-order valence-corrected chi connectivity index (χ4v) is 1.48. The van der Waals surface area contributed by atoms with Crippen LogP contribution in [-0.2, 0) is 4.74 Å². The van der Waals surface area contributed by atoms with Crippen molar-refractivity contribution >= 4 is 6.09 Å². The molecule has 0 saturated heterocycles. The molecule has 0 spiro atoms. The summed E-state index contributed by atoms with van der Waals surface area (Å²) in [5, 5.41) is 5.95. The number of likely N-dealkylation sites (N-methyl/N-ethyl adjacent to an activating group) is 1. The summed E-state index contributed by atoms with van der Waals surface area (Å²) in [5.74, 6) is 0. The van der Waals surface area contributed by atoms with E-state index < -0.39 is 5.60 Å². The third-order valence-corrected chi connectivity index (χ3v) is 2.16. The van der Waals surface area contributed by atoms with Gasteiger partial charge in [-0.2, -0.15) is 0 Å². The lowest BCUT2D eigenvalue weighted by Crippen LogP contribution is -2.38. The number of amides is 1. The van der Waals surface area contributed by atoms with E-state index in [-0.39, 0.29) is 12.1 Å². The van der Waals surface area contributed by atoms with E-state index in [0.29, 0.717) is 6.04 Å². The van der Waals surface area contributed by atoms with Crippen molar-refractivity contribution in [3.05, 3.63) is 12.2 Å². The van der Waals surface area contributed by atoms with Gasteiger partial charge in [-0.1, -0.05) is 12.2 Å². The SMILES string of the molecule is CN[C@@H]1C=C[C@H](NC(=O)OC(C)(C)C)C1. The molecule has 2 N–H and O–H groups in total. The molecule has 0 aromatic rings. The van der Waals surface area contributed by atoms with Gasteiger partial charge in [-0.05, 0) is 34.2 Å². The molecule has 1 amide bonds. The van der Waals surface area contributed by atoms with Crippen molar-refractivity contribution < 1.29 is 9.53 Å². The molecule has 0 unspecified atom stereocenters. The van der Waals surface area contributed by atoms with E-state index in [1.54, 1.807) is 0 Å². The van der Waals surface area contributed by atoms with Gasteiger partial charge >= 0.3 is 6.09 Å². The Labute approximate surface area is 91.1 Å². The minimum atomic E-state index is -0.436. The second-order valence-corrected chi connectivity index (χ2v) is 4.77. The van der Waals surface area contributed by atoms with E-state index in [0.717, 1.165) is 6.42 Å². The van der Waals surface area contributed by atoms with Crippen LogP contribution in [0, 0.1) is 0 Å². The van der Waals surface area contributed by atoms with E-state index in [9.17, 15) is 4.79 Å². The van der Waals surface area contributed by atoms with Crippen molar-refractivity contribution in [2.45, 2.75) is 44.9 Å². The first-order valence-electron chi connectivity index (χ1n) is 5.26. The number of rotatable bonds is 2. The molecule has 15 heavy (non-hydrogen) atoms. The molecule has 0 aromatic carbocycles. The third kappa shape index (κ3) is 4.34. The van der Waals surface area contributed by atoms with E-state index in [2.05, 4.69) is 16.7 Å². The Morgan fingerprint density at radius 3 is 2.40 bits per heavy atom. The highest BCUT2D eigenvalue weighted by Crippen LogP contribution is 2.12. The van der Waals surface area contributed by atoms with Gasteiger partial charge in [0.25, 0.3) is 0 Å². The number of ether oxygens (including phenoxy) is 1. The quantitative estimate of drug-likeness (QED) is 0.681. The first-order valence-corrected chi connectivity index (χ1v) is 5.26. The second-order valence-electron chi connectivity index (χ2n) is 4.77. The van der Waals surface area contributed by atoms with Crippen molar-refractivity contribution in [1.82, 2.24) is 10.6 Å². The van der Waals surface area contributed by atoms with Gasteiger partial charge in [-0.3, -0.25) is 0 Å². The molecule has 0 saturated carbocycles. The molecular formula is C11H20N2O2. The maximum Gasteiger partial charge on any atom is 0.408 e. The van der Waals surface area contributed by atoms with Crippen LogP contribution in [0.2, 0.25) is 0 Å². The molecule has 1 aliphatic rings. The van der Waals surface area contributed by atoms with Gasteiger partial charge in [0.2, 0.25) is 0 Å². The van der Waals surface area contributed by atoms with Gasteiger partial charge in [0.1, 0.15) is 5.60 Å². The Kier molecular flexibility index (Phi) is 3.74. The third-order valence-electron chi connectivity index (χ3n) is 2.16. The topological polar surface area (TPSA) is 50.4 Å². The molecule has 0 aromatic heterocycles. The molecule has 0 aliphatic heterocycles. The summed E-state index contributed by atoms with van der Waals surface area (Å²) in [7, 11) is 1.91. The first kappa shape index (κ1) is 12.0. The van der Waals surface area contributed by atoms with Crippen LogP contribution in [0.25, 0.3) is 0 Å². The highest BCUT2D eigenvalue weighted by Gasteiger charge is 2.22. The van der Waals surface area contributed by atoms with E-state index in [1.807, 2.05) is 33.9 Å². The molecule has 4 nitrogen and oxygen atoms in total. The van der Waals surface area contributed by atoms with Crippen LogP contribution < -0.4 is 10.6 Å². The molecule has 0 fully saturated rings. The lowest BCUT2D eigenvalue weighted by Gasteiger charge is -2.21. The number of hydrogen-bond donors (Lipinski definition) is 2. The zero-order valence-corrected chi connectivity index (χ0v) is 9.83. The lowest BCUT2D eigenvalue weighted by molar-refractivity contribution is 0.0513. The minimum Gasteiger partial charge on any atom is -0.444 e. The van der Waals surface area contributed by atoms with Gasteiger partial charge in [-0.15, -0.1) is 0 Å². The lowest BCUT2D eigenvalue weighted by atomic mass is 10.2.